The first kappa shape index (κ1) is 32.3. The summed E-state index contributed by atoms with van der Waals surface area (Å²) in [6.45, 7) is 18.2. The van der Waals surface area contributed by atoms with Gasteiger partial charge in [0.1, 0.15) is 11.9 Å². The summed E-state index contributed by atoms with van der Waals surface area (Å²) in [7, 11) is 0. The van der Waals surface area contributed by atoms with Crippen molar-refractivity contribution in [3.63, 3.8) is 0 Å². The zero-order chi connectivity index (χ0) is 32.7. The Morgan fingerprint density at radius 1 is 0.911 bits per heavy atom. The molecule has 1 aromatic rings. The third kappa shape index (κ3) is 4.58. The van der Waals surface area contributed by atoms with Gasteiger partial charge < -0.3 is 20.1 Å². The van der Waals surface area contributed by atoms with Crippen LogP contribution in [-0.2, 0) is 14.3 Å². The van der Waals surface area contributed by atoms with Gasteiger partial charge in [-0.1, -0.05) is 58.9 Å². The van der Waals surface area contributed by atoms with E-state index in [0.717, 1.165) is 62.5 Å². The van der Waals surface area contributed by atoms with Gasteiger partial charge in [-0.15, -0.1) is 0 Å². The first-order valence-electron chi connectivity index (χ1n) is 17.3. The molecule has 11 atom stereocenters. The van der Waals surface area contributed by atoms with E-state index >= 15 is 0 Å². The molecule has 1 aromatic carbocycles. The van der Waals surface area contributed by atoms with Crippen molar-refractivity contribution in [1.29, 1.82) is 0 Å². The number of fused-ring (bicyclic) bond motifs is 7. The molecule has 5 aliphatic carbocycles. The van der Waals surface area contributed by atoms with E-state index in [1.807, 2.05) is 0 Å². The van der Waals surface area contributed by atoms with Gasteiger partial charge in [0.05, 0.1) is 11.5 Å². The van der Waals surface area contributed by atoms with Crippen LogP contribution in [0.5, 0.6) is 5.75 Å². The van der Waals surface area contributed by atoms with Gasteiger partial charge in [0.2, 0.25) is 0 Å². The average Bonchev–Trinajstić information content (AvgIpc) is 3.37. The second kappa shape index (κ2) is 10.7. The highest BCUT2D eigenvalue weighted by Crippen LogP contribution is 2.77. The average molecular weight is 619 g/mol. The number of carboxylic acid groups (broad SMARTS) is 1. The fourth-order valence-electron chi connectivity index (χ4n) is 12.7. The Labute approximate surface area is 269 Å². The number of hydrogen-bond donors (Lipinski definition) is 3. The lowest BCUT2D eigenvalue weighted by Gasteiger charge is -2.73. The molecular weight excluding hydrogens is 564 g/mol. The fraction of sp³-hybridized carbons (Fsp3) is 0.692. The van der Waals surface area contributed by atoms with Crippen LogP contribution >= 0.6 is 0 Å². The minimum Gasteiger partial charge on any atom is -0.508 e. The molecule has 0 unspecified atom stereocenters. The van der Waals surface area contributed by atoms with Gasteiger partial charge in [0.15, 0.2) is 0 Å². The minimum absolute atomic E-state index is 0.00475. The molecule has 0 amide bonds. The first-order chi connectivity index (χ1) is 21.0. The Balaban J connectivity index is 1.30. The van der Waals surface area contributed by atoms with Crippen molar-refractivity contribution in [3.05, 3.63) is 48.1 Å². The summed E-state index contributed by atoms with van der Waals surface area (Å²) in [5.74, 6) is 0.504. The Bertz CT molecular complexity index is 1390. The smallest absolute Gasteiger partial charge is 0.331 e. The van der Waals surface area contributed by atoms with Crippen molar-refractivity contribution in [2.75, 3.05) is 0 Å². The van der Waals surface area contributed by atoms with E-state index < -0.39 is 35.0 Å². The number of carbonyl (C=O) groups excluding carboxylic acids is 1. The number of phenolic OH excluding ortho intramolecular Hbond substituents is 1. The number of ether oxygens (including phenoxy) is 1. The van der Waals surface area contributed by atoms with Gasteiger partial charge >= 0.3 is 11.9 Å². The molecule has 246 valence electrons. The van der Waals surface area contributed by atoms with E-state index in [2.05, 4.69) is 48.1 Å². The van der Waals surface area contributed by atoms with Gasteiger partial charge in [-0.05, 0) is 140 Å². The van der Waals surface area contributed by atoms with E-state index in [4.69, 9.17) is 4.74 Å². The zero-order valence-electron chi connectivity index (χ0n) is 28.1. The van der Waals surface area contributed by atoms with Crippen LogP contribution in [0.4, 0.5) is 0 Å². The van der Waals surface area contributed by atoms with Crippen LogP contribution in [0.15, 0.2) is 42.5 Å². The summed E-state index contributed by atoms with van der Waals surface area (Å²) in [5, 5.41) is 31.9. The molecule has 0 bridgehead atoms. The second-order valence-corrected chi connectivity index (χ2v) is 17.0. The normalized spacial score (nSPS) is 45.1. The van der Waals surface area contributed by atoms with Gasteiger partial charge in [0, 0.05) is 6.08 Å². The van der Waals surface area contributed by atoms with Crippen LogP contribution in [0.3, 0.4) is 0 Å². The molecule has 5 fully saturated rings. The molecule has 0 aromatic heterocycles. The number of aliphatic hydroxyl groups is 1. The molecule has 3 N–H and O–H groups in total. The van der Waals surface area contributed by atoms with E-state index in [0.29, 0.717) is 18.3 Å². The summed E-state index contributed by atoms with van der Waals surface area (Å²) >= 11 is 0. The van der Waals surface area contributed by atoms with Crippen molar-refractivity contribution >= 4 is 18.0 Å². The molecule has 0 spiro atoms. The van der Waals surface area contributed by atoms with Gasteiger partial charge in [0.25, 0.3) is 0 Å². The molecule has 45 heavy (non-hydrogen) atoms. The van der Waals surface area contributed by atoms with Crippen molar-refractivity contribution < 1.29 is 29.6 Å². The second-order valence-electron chi connectivity index (χ2n) is 17.0. The third-order valence-corrected chi connectivity index (χ3v) is 15.0. The largest absolute Gasteiger partial charge is 0.508 e. The highest BCUT2D eigenvalue weighted by molar-refractivity contribution is 5.87. The minimum atomic E-state index is -0.765. The topological polar surface area (TPSA) is 104 Å². The van der Waals surface area contributed by atoms with E-state index in [1.54, 1.807) is 30.3 Å². The summed E-state index contributed by atoms with van der Waals surface area (Å²) in [5.41, 5.74) is 0.735. The quantitative estimate of drug-likeness (QED) is 0.175. The van der Waals surface area contributed by atoms with Crippen molar-refractivity contribution in [1.82, 2.24) is 0 Å². The highest BCUT2D eigenvalue weighted by Gasteiger charge is 2.72. The lowest BCUT2D eigenvalue weighted by atomic mass is 9.32. The highest BCUT2D eigenvalue weighted by atomic mass is 16.6. The Hall–Kier alpha value is -2.60. The Morgan fingerprint density at radius 2 is 1.60 bits per heavy atom. The van der Waals surface area contributed by atoms with E-state index in [9.17, 15) is 24.9 Å². The molecule has 0 saturated heterocycles. The van der Waals surface area contributed by atoms with Crippen LogP contribution in [0, 0.1) is 56.7 Å². The molecule has 0 heterocycles. The SMILES string of the molecule is C=C(C)[C@@H]1CC[C@]2(C(=O)O)CC[C@]3(C)[C@H](CC[C@@H]4[C@]5(C)C[C@@H](OC(=O)/C=C/c6ccc(O)cc6)[C@H](O)C(C)(C)[C@@H]5CC[C@]43C)[C@H]12. The number of esters is 1. The number of carboxylic acids is 1. The predicted molar refractivity (Wildman–Crippen MR) is 175 cm³/mol. The number of aromatic hydroxyl groups is 1. The van der Waals surface area contributed by atoms with Crippen LogP contribution in [0.2, 0.25) is 0 Å². The molecule has 6 nitrogen and oxygen atoms in total. The standard InChI is InChI=1S/C39H54O6/c1-23(2)26-16-19-39(34(43)44)21-20-37(6)27(32(26)39)13-14-30-36(5)22-28(33(42)35(3,4)29(36)17-18-38(30,37)7)45-31(41)15-10-24-8-11-25(40)12-9-24/h8-12,15,26-30,32-33,40,42H,1,13-14,16-22H2,2-7H3,(H,43,44)/b15-10+/t26-,27+,28+,29-,30+,32-,33-,36+,37+,38+,39-/m0/s1. The monoisotopic (exact) mass is 618 g/mol. The number of benzene rings is 1. The molecule has 0 aliphatic heterocycles. The van der Waals surface area contributed by atoms with Crippen molar-refractivity contribution in [2.24, 2.45) is 56.7 Å². The number of carbonyl (C=O) groups is 2. The molecular formula is C39H54O6. The number of phenols is 1. The number of aliphatic carboxylic acids is 1. The van der Waals surface area contributed by atoms with Crippen LogP contribution in [0.1, 0.15) is 105 Å². The zero-order valence-corrected chi connectivity index (χ0v) is 28.1. The molecule has 0 radical (unpaired) electrons. The Morgan fingerprint density at radius 3 is 2.24 bits per heavy atom. The lowest BCUT2D eigenvalue weighted by molar-refractivity contribution is -0.265. The Kier molecular flexibility index (Phi) is 7.70. The van der Waals surface area contributed by atoms with Crippen LogP contribution in [0.25, 0.3) is 6.08 Å². The van der Waals surface area contributed by atoms with Crippen LogP contribution < -0.4 is 0 Å². The summed E-state index contributed by atoms with van der Waals surface area (Å²) in [6, 6.07) is 6.63. The van der Waals surface area contributed by atoms with Gasteiger partial charge in [-0.2, -0.15) is 0 Å². The number of rotatable bonds is 5. The van der Waals surface area contributed by atoms with Crippen molar-refractivity contribution in [2.45, 2.75) is 112 Å². The first-order valence-corrected chi connectivity index (χ1v) is 17.3. The van der Waals surface area contributed by atoms with Gasteiger partial charge in [-0.3, -0.25) is 4.79 Å². The number of hydrogen-bond acceptors (Lipinski definition) is 5. The third-order valence-electron chi connectivity index (χ3n) is 15.0. The molecule has 5 saturated carbocycles. The summed E-state index contributed by atoms with van der Waals surface area (Å²) < 4.78 is 6.08. The summed E-state index contributed by atoms with van der Waals surface area (Å²) in [6.07, 6.45) is 9.84. The molecule has 6 heteroatoms. The van der Waals surface area contributed by atoms with Gasteiger partial charge in [-0.25, -0.2) is 4.79 Å². The lowest BCUT2D eigenvalue weighted by Crippen LogP contribution is -2.68. The molecule has 6 rings (SSSR count). The maximum absolute atomic E-state index is 13.1. The number of allylic oxidation sites excluding steroid dienone is 1. The maximum atomic E-state index is 13.1. The predicted octanol–water partition coefficient (Wildman–Crippen LogP) is 8.03. The number of aliphatic hydroxyl groups excluding tert-OH is 1. The maximum Gasteiger partial charge on any atom is 0.331 e. The molecule has 5 aliphatic rings. The van der Waals surface area contributed by atoms with E-state index in [-0.39, 0.29) is 39.7 Å². The summed E-state index contributed by atoms with van der Waals surface area (Å²) in [4.78, 5) is 26.1. The van der Waals surface area contributed by atoms with E-state index in [1.165, 1.54) is 6.08 Å². The fourth-order valence-corrected chi connectivity index (χ4v) is 12.7. The van der Waals surface area contributed by atoms with Crippen molar-refractivity contribution in [3.8, 4) is 5.75 Å². The van der Waals surface area contributed by atoms with Crippen LogP contribution in [-0.4, -0.2) is 39.5 Å².